The third-order valence-corrected chi connectivity index (χ3v) is 8.60. The average molecular weight is 412 g/mol. The zero-order valence-corrected chi connectivity index (χ0v) is 18.1. The van der Waals surface area contributed by atoms with Gasteiger partial charge in [-0.15, -0.1) is 22.7 Å². The van der Waals surface area contributed by atoms with Crippen LogP contribution in [-0.4, -0.2) is 40.5 Å². The Morgan fingerprint density at radius 1 is 1.29 bits per heavy atom. The van der Waals surface area contributed by atoms with Crippen molar-refractivity contribution in [2.75, 3.05) is 13.1 Å². The molecule has 1 unspecified atom stereocenters. The van der Waals surface area contributed by atoms with Gasteiger partial charge in [0, 0.05) is 33.4 Å². The number of aryl methyl sites for hydroxylation is 1. The molecule has 6 heteroatoms. The number of fused-ring (bicyclic) bond motifs is 4. The standard InChI is InChI=1S/C22H25N3OS2/c1-13-4-5-15-12-16(28-18(15)17(13)21-23-8-11-27-21)20(26)24-19-14-6-9-25(10-7-14)22(19,2)3/h4-5,8,11-12,14,19H,6-7,9-10H2,1-3H3,(H,24,26). The van der Waals surface area contributed by atoms with Crippen LogP contribution in [0.2, 0.25) is 0 Å². The van der Waals surface area contributed by atoms with Crippen LogP contribution in [0.25, 0.3) is 20.7 Å². The number of piperidine rings is 3. The van der Waals surface area contributed by atoms with Crippen molar-refractivity contribution in [1.82, 2.24) is 15.2 Å². The molecule has 5 heterocycles. The number of hydrogen-bond donors (Lipinski definition) is 1. The van der Waals surface area contributed by atoms with Crippen molar-refractivity contribution in [3.63, 3.8) is 0 Å². The van der Waals surface area contributed by atoms with Gasteiger partial charge >= 0.3 is 0 Å². The maximum atomic E-state index is 13.2. The second-order valence-corrected chi connectivity index (χ2v) is 10.5. The fourth-order valence-electron chi connectivity index (χ4n) is 5.02. The van der Waals surface area contributed by atoms with Crippen molar-refractivity contribution < 1.29 is 4.79 Å². The van der Waals surface area contributed by atoms with Crippen LogP contribution in [0.1, 0.15) is 41.9 Å². The van der Waals surface area contributed by atoms with E-state index < -0.39 is 0 Å². The Bertz CT molecular complexity index is 1030. The van der Waals surface area contributed by atoms with Crippen molar-refractivity contribution in [3.05, 3.63) is 40.2 Å². The monoisotopic (exact) mass is 411 g/mol. The molecule has 0 radical (unpaired) electrons. The molecule has 2 aromatic heterocycles. The van der Waals surface area contributed by atoms with Crippen molar-refractivity contribution in [2.24, 2.45) is 5.92 Å². The summed E-state index contributed by atoms with van der Waals surface area (Å²) in [5.41, 5.74) is 2.39. The first-order valence-electron chi connectivity index (χ1n) is 9.94. The summed E-state index contributed by atoms with van der Waals surface area (Å²) in [6.07, 6.45) is 4.22. The number of carbonyl (C=O) groups is 1. The van der Waals surface area contributed by atoms with Gasteiger partial charge in [0.2, 0.25) is 0 Å². The maximum Gasteiger partial charge on any atom is 0.261 e. The van der Waals surface area contributed by atoms with Crippen LogP contribution < -0.4 is 5.32 Å². The van der Waals surface area contributed by atoms with E-state index in [1.54, 1.807) is 22.7 Å². The second kappa shape index (κ2) is 6.65. The molecule has 0 spiro atoms. The lowest BCUT2D eigenvalue weighted by Crippen LogP contribution is -2.69. The lowest BCUT2D eigenvalue weighted by atomic mass is 9.72. The van der Waals surface area contributed by atoms with Crippen LogP contribution in [-0.2, 0) is 0 Å². The van der Waals surface area contributed by atoms with Gasteiger partial charge in [-0.25, -0.2) is 4.98 Å². The Labute approximate surface area is 173 Å². The minimum absolute atomic E-state index is 0.0240. The van der Waals surface area contributed by atoms with Crippen molar-refractivity contribution in [2.45, 2.75) is 45.2 Å². The summed E-state index contributed by atoms with van der Waals surface area (Å²) < 4.78 is 1.16. The van der Waals surface area contributed by atoms with Crippen LogP contribution in [0, 0.1) is 12.8 Å². The summed E-state index contributed by atoms with van der Waals surface area (Å²) in [7, 11) is 0. The predicted molar refractivity (Wildman–Crippen MR) is 117 cm³/mol. The topological polar surface area (TPSA) is 45.2 Å². The number of thiophene rings is 1. The molecule has 3 fully saturated rings. The first-order chi connectivity index (χ1) is 13.4. The van der Waals surface area contributed by atoms with E-state index in [1.165, 1.54) is 24.0 Å². The summed E-state index contributed by atoms with van der Waals surface area (Å²) >= 11 is 3.24. The second-order valence-electron chi connectivity index (χ2n) is 8.55. The molecule has 1 aromatic carbocycles. The molecule has 0 aliphatic carbocycles. The van der Waals surface area contributed by atoms with E-state index in [0.29, 0.717) is 5.92 Å². The van der Waals surface area contributed by atoms with Gasteiger partial charge in [0.15, 0.2) is 0 Å². The zero-order chi connectivity index (χ0) is 19.5. The number of rotatable bonds is 3. The number of nitrogens with one attached hydrogen (secondary N) is 1. The highest BCUT2D eigenvalue weighted by molar-refractivity contribution is 7.22. The minimum atomic E-state index is 0.0240. The van der Waals surface area contributed by atoms with Crippen LogP contribution >= 0.6 is 22.7 Å². The third-order valence-electron chi connectivity index (χ3n) is 6.64. The summed E-state index contributed by atoms with van der Waals surface area (Å²) in [4.78, 5) is 21.0. The van der Waals surface area contributed by atoms with Crippen molar-refractivity contribution in [1.29, 1.82) is 0 Å². The molecule has 4 nitrogen and oxygen atoms in total. The average Bonchev–Trinajstić information content (AvgIpc) is 3.34. The van der Waals surface area contributed by atoms with Gasteiger partial charge in [0.05, 0.1) is 4.88 Å². The minimum Gasteiger partial charge on any atom is -0.346 e. The van der Waals surface area contributed by atoms with Crippen molar-refractivity contribution in [3.8, 4) is 10.6 Å². The molecule has 1 N–H and O–H groups in total. The normalized spacial score (nSPS) is 25.9. The maximum absolute atomic E-state index is 13.2. The SMILES string of the molecule is Cc1ccc2cc(C(=O)NC3C4CCN(CC4)C3(C)C)sc2c1-c1nccs1. The first-order valence-corrected chi connectivity index (χ1v) is 11.6. The highest BCUT2D eigenvalue weighted by Gasteiger charge is 2.48. The van der Waals surface area contributed by atoms with E-state index in [9.17, 15) is 4.79 Å². The van der Waals surface area contributed by atoms with Crippen LogP contribution in [0.5, 0.6) is 0 Å². The van der Waals surface area contributed by atoms with Gasteiger partial charge in [-0.1, -0.05) is 12.1 Å². The van der Waals surface area contributed by atoms with Crippen LogP contribution in [0.3, 0.4) is 0 Å². The highest BCUT2D eigenvalue weighted by Crippen LogP contribution is 2.40. The number of aromatic nitrogens is 1. The van der Waals surface area contributed by atoms with Gasteiger partial charge < -0.3 is 5.32 Å². The molecular formula is C22H25N3OS2. The molecule has 1 amide bonds. The largest absolute Gasteiger partial charge is 0.346 e. The smallest absolute Gasteiger partial charge is 0.261 e. The lowest BCUT2D eigenvalue weighted by Gasteiger charge is -2.56. The first kappa shape index (κ1) is 18.3. The number of amides is 1. The molecule has 3 saturated heterocycles. The van der Waals surface area contributed by atoms with Crippen molar-refractivity contribution >= 4 is 38.7 Å². The molecule has 6 rings (SSSR count). The van der Waals surface area contributed by atoms with E-state index >= 15 is 0 Å². The number of thiazole rings is 1. The van der Waals surface area contributed by atoms with Gasteiger partial charge in [0.1, 0.15) is 5.01 Å². The summed E-state index contributed by atoms with van der Waals surface area (Å²) in [6, 6.07) is 6.50. The Morgan fingerprint density at radius 3 is 2.75 bits per heavy atom. The quantitative estimate of drug-likeness (QED) is 0.664. The highest BCUT2D eigenvalue weighted by atomic mass is 32.1. The molecule has 3 aliphatic rings. The third kappa shape index (κ3) is 2.81. The van der Waals surface area contributed by atoms with E-state index in [0.717, 1.165) is 33.1 Å². The van der Waals surface area contributed by atoms with Gasteiger partial charge in [-0.05, 0) is 69.6 Å². The molecule has 1 atom stereocenters. The van der Waals surface area contributed by atoms with E-state index in [-0.39, 0.29) is 17.5 Å². The Morgan fingerprint density at radius 2 is 2.07 bits per heavy atom. The van der Waals surface area contributed by atoms with Crippen LogP contribution in [0.4, 0.5) is 0 Å². The number of hydrogen-bond acceptors (Lipinski definition) is 5. The zero-order valence-electron chi connectivity index (χ0n) is 16.5. The summed E-state index contributed by atoms with van der Waals surface area (Å²) in [6.45, 7) is 8.98. The number of carbonyl (C=O) groups excluding carboxylic acids is 1. The van der Waals surface area contributed by atoms with Crippen LogP contribution in [0.15, 0.2) is 29.8 Å². The molecule has 0 saturated carbocycles. The fourth-order valence-corrected chi connectivity index (χ4v) is 7.00. The molecule has 3 aliphatic heterocycles. The molecular weight excluding hydrogens is 386 g/mol. The Kier molecular flexibility index (Phi) is 4.34. The molecule has 28 heavy (non-hydrogen) atoms. The fraction of sp³-hybridized carbons (Fsp3) is 0.455. The molecule has 2 bridgehead atoms. The Balaban J connectivity index is 1.48. The summed E-state index contributed by atoms with van der Waals surface area (Å²) in [5, 5.41) is 7.56. The van der Waals surface area contributed by atoms with Gasteiger partial charge in [0.25, 0.3) is 5.91 Å². The molecule has 146 valence electrons. The number of nitrogens with zero attached hydrogens (tertiary/aromatic N) is 2. The number of benzene rings is 1. The van der Waals surface area contributed by atoms with E-state index in [1.807, 2.05) is 17.6 Å². The predicted octanol–water partition coefficient (Wildman–Crippen LogP) is 4.94. The lowest BCUT2D eigenvalue weighted by molar-refractivity contribution is -0.0377. The summed E-state index contributed by atoms with van der Waals surface area (Å²) in [5.74, 6) is 0.655. The van der Waals surface area contributed by atoms with E-state index in [4.69, 9.17) is 0 Å². The molecule has 3 aromatic rings. The van der Waals surface area contributed by atoms with E-state index in [2.05, 4.69) is 48.1 Å². The Hall–Kier alpha value is -1.76. The van der Waals surface area contributed by atoms with Gasteiger partial charge in [-0.3, -0.25) is 9.69 Å². The van der Waals surface area contributed by atoms with Gasteiger partial charge in [-0.2, -0.15) is 0 Å².